The highest BCUT2D eigenvalue weighted by molar-refractivity contribution is 6.06. The van der Waals surface area contributed by atoms with E-state index >= 15 is 0 Å². The lowest BCUT2D eigenvalue weighted by molar-refractivity contribution is 0.102. The van der Waals surface area contributed by atoms with Gasteiger partial charge in [-0.1, -0.05) is 32.9 Å². The minimum absolute atomic E-state index is 0.00180. The number of nitrogens with one attached hydrogen (secondary N) is 3. The van der Waals surface area contributed by atoms with Crippen LogP contribution < -0.4 is 16.0 Å². The van der Waals surface area contributed by atoms with Gasteiger partial charge in [0.2, 0.25) is 0 Å². The van der Waals surface area contributed by atoms with Gasteiger partial charge in [-0.3, -0.25) is 4.79 Å². The molecule has 0 aliphatic carbocycles. The highest BCUT2D eigenvalue weighted by atomic mass is 16.3. The molecule has 4 N–H and O–H groups in total. The summed E-state index contributed by atoms with van der Waals surface area (Å²) in [6.45, 7) is 9.90. The minimum Gasteiger partial charge on any atom is -0.506 e. The quantitative estimate of drug-likeness (QED) is 0.599. The fourth-order valence-electron chi connectivity index (χ4n) is 2.46. The van der Waals surface area contributed by atoms with Crippen molar-refractivity contribution in [2.45, 2.75) is 46.1 Å². The van der Waals surface area contributed by atoms with Gasteiger partial charge in [0.15, 0.2) is 0 Å². The van der Waals surface area contributed by atoms with Crippen LogP contribution >= 0.6 is 0 Å². The topological polar surface area (TPSA) is 90.5 Å². The second-order valence-corrected chi connectivity index (χ2v) is 7.77. The Labute approximate surface area is 160 Å². The summed E-state index contributed by atoms with van der Waals surface area (Å²) in [4.78, 5) is 24.4. The maximum absolute atomic E-state index is 12.6. The van der Waals surface area contributed by atoms with Crippen molar-refractivity contribution < 1.29 is 14.7 Å². The van der Waals surface area contributed by atoms with E-state index < -0.39 is 0 Å². The molecule has 0 aliphatic heterocycles. The van der Waals surface area contributed by atoms with Crippen LogP contribution in [0.1, 0.15) is 50.5 Å². The first-order valence-electron chi connectivity index (χ1n) is 8.88. The van der Waals surface area contributed by atoms with Crippen LogP contribution in [0.5, 0.6) is 5.75 Å². The van der Waals surface area contributed by atoms with Crippen LogP contribution in [0.15, 0.2) is 42.5 Å². The fraction of sp³-hybridized carbons (Fsp3) is 0.333. The molecule has 0 aliphatic rings. The van der Waals surface area contributed by atoms with E-state index in [1.54, 1.807) is 36.4 Å². The highest BCUT2D eigenvalue weighted by Crippen LogP contribution is 2.31. The van der Waals surface area contributed by atoms with E-state index in [1.165, 1.54) is 0 Å². The summed E-state index contributed by atoms with van der Waals surface area (Å²) < 4.78 is 0. The van der Waals surface area contributed by atoms with E-state index in [4.69, 9.17) is 0 Å². The molecule has 0 atom stereocenters. The smallest absolute Gasteiger partial charge is 0.319 e. The molecule has 0 radical (unpaired) electrons. The zero-order valence-electron chi connectivity index (χ0n) is 16.4. The molecule has 27 heavy (non-hydrogen) atoms. The summed E-state index contributed by atoms with van der Waals surface area (Å²) in [6, 6.07) is 11.5. The number of amides is 3. The summed E-state index contributed by atoms with van der Waals surface area (Å²) in [5.41, 5.74) is 2.12. The summed E-state index contributed by atoms with van der Waals surface area (Å²) in [7, 11) is 0. The zero-order valence-corrected chi connectivity index (χ0v) is 16.4. The van der Waals surface area contributed by atoms with Crippen LogP contribution in [0, 0.1) is 0 Å². The van der Waals surface area contributed by atoms with E-state index in [0.717, 1.165) is 5.56 Å². The average molecular weight is 369 g/mol. The molecule has 0 spiro atoms. The molecular weight excluding hydrogens is 342 g/mol. The number of anilines is 2. The lowest BCUT2D eigenvalue weighted by Gasteiger charge is -2.20. The van der Waals surface area contributed by atoms with Gasteiger partial charge in [0.25, 0.3) is 5.91 Å². The average Bonchev–Trinajstić information content (AvgIpc) is 2.55. The monoisotopic (exact) mass is 369 g/mol. The Hall–Kier alpha value is -3.02. The molecule has 0 heterocycles. The molecule has 6 heteroatoms. The van der Waals surface area contributed by atoms with Gasteiger partial charge < -0.3 is 21.1 Å². The van der Waals surface area contributed by atoms with Gasteiger partial charge in [0.05, 0.1) is 5.69 Å². The Morgan fingerprint density at radius 3 is 2.33 bits per heavy atom. The first-order valence-corrected chi connectivity index (χ1v) is 8.88. The highest BCUT2D eigenvalue weighted by Gasteiger charge is 2.17. The lowest BCUT2D eigenvalue weighted by Crippen LogP contribution is -2.34. The summed E-state index contributed by atoms with van der Waals surface area (Å²) in [5.74, 6) is -0.369. The second-order valence-electron chi connectivity index (χ2n) is 7.77. The first kappa shape index (κ1) is 20.3. The second kappa shape index (κ2) is 8.12. The molecule has 0 aromatic heterocycles. The number of carbonyl (C=O) groups excluding carboxylic acids is 2. The Bertz CT molecular complexity index is 839. The third-order valence-corrected chi connectivity index (χ3v) is 3.91. The molecule has 144 valence electrons. The van der Waals surface area contributed by atoms with Crippen LogP contribution in [0.2, 0.25) is 0 Å². The largest absolute Gasteiger partial charge is 0.506 e. The SMILES string of the molecule is CC(C)NC(=O)Nc1cccc(C(=O)Nc2cc(C(C)(C)C)ccc2O)c1. The number of hydrogen-bond donors (Lipinski definition) is 4. The zero-order chi connectivity index (χ0) is 20.2. The van der Waals surface area contributed by atoms with Gasteiger partial charge in [-0.05, 0) is 55.2 Å². The number of hydrogen-bond acceptors (Lipinski definition) is 3. The molecule has 0 bridgehead atoms. The molecule has 6 nitrogen and oxygen atoms in total. The Kier molecular flexibility index (Phi) is 6.10. The Morgan fingerprint density at radius 2 is 1.70 bits per heavy atom. The van der Waals surface area contributed by atoms with Gasteiger partial charge in [0, 0.05) is 17.3 Å². The summed E-state index contributed by atoms with van der Waals surface area (Å²) in [6.07, 6.45) is 0. The van der Waals surface area contributed by atoms with Gasteiger partial charge in [-0.15, -0.1) is 0 Å². The Balaban J connectivity index is 2.17. The maximum Gasteiger partial charge on any atom is 0.319 e. The van der Waals surface area contributed by atoms with Crippen molar-refractivity contribution in [3.05, 3.63) is 53.6 Å². The van der Waals surface area contributed by atoms with Gasteiger partial charge in [0.1, 0.15) is 5.75 Å². The van der Waals surface area contributed by atoms with Gasteiger partial charge in [-0.2, -0.15) is 0 Å². The van der Waals surface area contributed by atoms with Crippen LogP contribution in [0.4, 0.5) is 16.2 Å². The molecule has 3 amide bonds. The molecule has 0 saturated carbocycles. The third-order valence-electron chi connectivity index (χ3n) is 3.91. The molecule has 2 rings (SSSR count). The maximum atomic E-state index is 12.6. The van der Waals surface area contributed by atoms with Crippen molar-refractivity contribution in [3.8, 4) is 5.75 Å². The van der Waals surface area contributed by atoms with Crippen molar-refractivity contribution in [1.29, 1.82) is 0 Å². The number of carbonyl (C=O) groups is 2. The number of phenols is 1. The normalized spacial score (nSPS) is 11.2. The van der Waals surface area contributed by atoms with Gasteiger partial charge >= 0.3 is 6.03 Å². The number of aromatic hydroxyl groups is 1. The van der Waals surface area contributed by atoms with Crippen molar-refractivity contribution in [2.75, 3.05) is 10.6 Å². The van der Waals surface area contributed by atoms with Crippen molar-refractivity contribution in [1.82, 2.24) is 5.32 Å². The fourth-order valence-corrected chi connectivity index (χ4v) is 2.46. The molecule has 0 fully saturated rings. The number of benzene rings is 2. The van der Waals surface area contributed by atoms with E-state index in [-0.39, 0.29) is 29.1 Å². The predicted molar refractivity (Wildman–Crippen MR) is 108 cm³/mol. The van der Waals surface area contributed by atoms with Crippen LogP contribution in [0.3, 0.4) is 0 Å². The standard InChI is InChI=1S/C21H27N3O3/c1-13(2)22-20(27)23-16-8-6-7-14(11-16)19(26)24-17-12-15(21(3,4)5)9-10-18(17)25/h6-13,25H,1-5H3,(H,24,26)(H2,22,23,27). The Morgan fingerprint density at radius 1 is 1.00 bits per heavy atom. The minimum atomic E-state index is -0.371. The van der Waals surface area contributed by atoms with E-state index in [2.05, 4.69) is 36.7 Å². The predicted octanol–water partition coefficient (Wildman–Crippen LogP) is 4.47. The number of rotatable bonds is 4. The first-order chi connectivity index (χ1) is 12.6. The number of urea groups is 1. The van der Waals surface area contributed by atoms with Crippen molar-refractivity contribution in [3.63, 3.8) is 0 Å². The summed E-state index contributed by atoms with van der Waals surface area (Å²) in [5, 5.41) is 18.2. The van der Waals surface area contributed by atoms with E-state index in [0.29, 0.717) is 16.9 Å². The molecule has 2 aromatic rings. The van der Waals surface area contributed by atoms with E-state index in [1.807, 2.05) is 19.9 Å². The van der Waals surface area contributed by atoms with Gasteiger partial charge in [-0.25, -0.2) is 4.79 Å². The van der Waals surface area contributed by atoms with Crippen LogP contribution in [-0.2, 0) is 5.41 Å². The van der Waals surface area contributed by atoms with Crippen LogP contribution in [0.25, 0.3) is 0 Å². The number of phenolic OH excluding ortho intramolecular Hbond substituents is 1. The molecule has 0 saturated heterocycles. The van der Waals surface area contributed by atoms with E-state index in [9.17, 15) is 14.7 Å². The molecule has 0 unspecified atom stereocenters. The molecular formula is C21H27N3O3. The third kappa shape index (κ3) is 5.74. The van der Waals surface area contributed by atoms with Crippen molar-refractivity contribution in [2.24, 2.45) is 0 Å². The lowest BCUT2D eigenvalue weighted by atomic mass is 9.87. The van der Waals surface area contributed by atoms with Crippen molar-refractivity contribution >= 4 is 23.3 Å². The van der Waals surface area contributed by atoms with Crippen LogP contribution in [-0.4, -0.2) is 23.1 Å². The summed E-state index contributed by atoms with van der Waals surface area (Å²) >= 11 is 0. The molecule has 2 aromatic carbocycles.